The monoisotopic (exact) mass is 805 g/mol. The van der Waals surface area contributed by atoms with Crippen LogP contribution in [0.4, 0.5) is 0 Å². The molecule has 7 nitrogen and oxygen atoms in total. The lowest BCUT2D eigenvalue weighted by atomic mass is 10.0. The SMILES string of the molecule is c1ccc(-n2c3ccccc3c3cc(-c4ccc5c(c4)c4ccccc4n5-c4ccc(-n5c6nc7ccccc7n6c6ccccc6n6c7ccccc7nc56)cc4)ccc32)cc1. The minimum atomic E-state index is 0.790. The fourth-order valence-electron chi connectivity index (χ4n) is 10.2. The van der Waals surface area contributed by atoms with E-state index < -0.39 is 0 Å². The van der Waals surface area contributed by atoms with E-state index >= 15 is 0 Å². The Bertz CT molecular complexity index is 4080. The minimum absolute atomic E-state index is 0.790. The molecule has 9 aromatic carbocycles. The lowest BCUT2D eigenvalue weighted by molar-refractivity contribution is 1.02. The Hall–Kier alpha value is -8.68. The molecular formula is C56H35N7. The highest BCUT2D eigenvalue weighted by molar-refractivity contribution is 6.12. The van der Waals surface area contributed by atoms with Gasteiger partial charge in [0.05, 0.1) is 60.9 Å². The molecule has 0 aliphatic rings. The van der Waals surface area contributed by atoms with Crippen LogP contribution in [0.2, 0.25) is 0 Å². The van der Waals surface area contributed by atoms with Crippen molar-refractivity contribution in [2.24, 2.45) is 0 Å². The van der Waals surface area contributed by atoms with E-state index in [1.54, 1.807) is 0 Å². The first kappa shape index (κ1) is 34.1. The molecule has 0 amide bonds. The van der Waals surface area contributed by atoms with Gasteiger partial charge in [0.2, 0.25) is 11.6 Å². The lowest BCUT2D eigenvalue weighted by Crippen LogP contribution is -2.02. The van der Waals surface area contributed by atoms with Gasteiger partial charge in [-0.3, -0.25) is 8.80 Å². The predicted octanol–water partition coefficient (Wildman–Crippen LogP) is 13.7. The van der Waals surface area contributed by atoms with Crippen LogP contribution in [0.15, 0.2) is 212 Å². The first-order valence-electron chi connectivity index (χ1n) is 21.3. The van der Waals surface area contributed by atoms with Gasteiger partial charge in [-0.25, -0.2) is 14.5 Å². The summed E-state index contributed by atoms with van der Waals surface area (Å²) in [4.78, 5) is 10.6. The van der Waals surface area contributed by atoms with E-state index in [0.717, 1.165) is 72.8 Å². The summed E-state index contributed by atoms with van der Waals surface area (Å²) in [5, 5.41) is 4.92. The van der Waals surface area contributed by atoms with Crippen LogP contribution in [-0.4, -0.2) is 32.5 Å². The van der Waals surface area contributed by atoms with Crippen LogP contribution >= 0.6 is 0 Å². The summed E-state index contributed by atoms with van der Waals surface area (Å²) in [5.74, 6) is 1.58. The van der Waals surface area contributed by atoms with E-state index in [1.807, 2.05) is 0 Å². The number of aromatic nitrogens is 7. The molecule has 0 bridgehead atoms. The third-order valence-corrected chi connectivity index (χ3v) is 12.9. The van der Waals surface area contributed by atoms with E-state index in [9.17, 15) is 0 Å². The number of nitrogens with zero attached hydrogens (tertiary/aromatic N) is 7. The zero-order valence-corrected chi connectivity index (χ0v) is 33.8. The Morgan fingerprint density at radius 2 is 0.619 bits per heavy atom. The number of hydrogen-bond acceptors (Lipinski definition) is 2. The fourth-order valence-corrected chi connectivity index (χ4v) is 10.2. The Morgan fingerprint density at radius 3 is 1.11 bits per heavy atom. The molecule has 0 radical (unpaired) electrons. The van der Waals surface area contributed by atoms with Crippen molar-refractivity contribution in [2.75, 3.05) is 0 Å². The van der Waals surface area contributed by atoms with Gasteiger partial charge in [0, 0.05) is 32.9 Å². The first-order valence-corrected chi connectivity index (χ1v) is 21.3. The molecule has 5 aromatic heterocycles. The van der Waals surface area contributed by atoms with E-state index in [0.29, 0.717) is 0 Å². The second kappa shape index (κ2) is 12.9. The van der Waals surface area contributed by atoms with Crippen molar-refractivity contribution < 1.29 is 0 Å². The van der Waals surface area contributed by atoms with Gasteiger partial charge in [0.25, 0.3) is 0 Å². The van der Waals surface area contributed by atoms with Crippen molar-refractivity contribution in [3.63, 3.8) is 0 Å². The topological polar surface area (TPSA) is 49.4 Å². The van der Waals surface area contributed by atoms with Gasteiger partial charge in [0.15, 0.2) is 0 Å². The van der Waals surface area contributed by atoms with Crippen LogP contribution in [0, 0.1) is 0 Å². The second-order valence-electron chi connectivity index (χ2n) is 16.3. The van der Waals surface area contributed by atoms with Crippen molar-refractivity contribution in [3.05, 3.63) is 212 Å². The number of rotatable bonds is 4. The summed E-state index contributed by atoms with van der Waals surface area (Å²) in [7, 11) is 0. The van der Waals surface area contributed by atoms with E-state index in [2.05, 4.69) is 235 Å². The van der Waals surface area contributed by atoms with E-state index in [-0.39, 0.29) is 0 Å². The zero-order valence-electron chi connectivity index (χ0n) is 33.8. The zero-order chi connectivity index (χ0) is 41.2. The van der Waals surface area contributed by atoms with Gasteiger partial charge < -0.3 is 9.13 Å². The average molecular weight is 806 g/mol. The molecule has 14 aromatic rings. The summed E-state index contributed by atoms with van der Waals surface area (Å²) < 4.78 is 11.5. The highest BCUT2D eigenvalue weighted by atomic mass is 15.3. The van der Waals surface area contributed by atoms with Crippen molar-refractivity contribution in [2.45, 2.75) is 0 Å². The number of para-hydroxylation sites is 9. The molecule has 7 heteroatoms. The van der Waals surface area contributed by atoms with E-state index in [4.69, 9.17) is 9.97 Å². The van der Waals surface area contributed by atoms with Crippen molar-refractivity contribution in [1.29, 1.82) is 0 Å². The summed E-state index contributed by atoms with van der Waals surface area (Å²) in [6, 6.07) is 76.0. The summed E-state index contributed by atoms with van der Waals surface area (Å²) in [6.45, 7) is 0. The van der Waals surface area contributed by atoms with Gasteiger partial charge in [-0.05, 0) is 120 Å². The van der Waals surface area contributed by atoms with Crippen LogP contribution < -0.4 is 0 Å². The number of benzene rings is 9. The number of hydrogen-bond donors (Lipinski definition) is 0. The van der Waals surface area contributed by atoms with Gasteiger partial charge >= 0.3 is 0 Å². The van der Waals surface area contributed by atoms with Crippen LogP contribution in [0.25, 0.3) is 116 Å². The molecular weight excluding hydrogens is 771 g/mol. The van der Waals surface area contributed by atoms with Gasteiger partial charge in [-0.15, -0.1) is 0 Å². The van der Waals surface area contributed by atoms with Crippen LogP contribution in [-0.2, 0) is 0 Å². The Morgan fingerprint density at radius 1 is 0.254 bits per heavy atom. The van der Waals surface area contributed by atoms with E-state index in [1.165, 1.54) is 43.7 Å². The van der Waals surface area contributed by atoms with Crippen molar-refractivity contribution >= 4 is 88.3 Å². The summed E-state index contributed by atoms with van der Waals surface area (Å²) >= 11 is 0. The molecule has 0 atom stereocenters. The predicted molar refractivity (Wildman–Crippen MR) is 259 cm³/mol. The average Bonchev–Trinajstić information content (AvgIpc) is 4.08. The molecule has 0 aliphatic carbocycles. The third-order valence-electron chi connectivity index (χ3n) is 12.9. The van der Waals surface area contributed by atoms with Crippen molar-refractivity contribution in [1.82, 2.24) is 32.5 Å². The standard InChI is InChI=1S/C56H35N7/c1-2-14-38(15-3-1)59-47-20-8-4-16-41(47)43-34-36(26-32-49(43)59)37-27-33-50-44(35-37)42-17-5-9-21-48(42)60(50)39-28-30-40(31-29-39)61-55-57-45-18-6-10-22-51(45)62(55)53-24-12-13-25-54(53)63-52-23-11-7-19-46(52)58-56(61)63/h1-35H. The Labute approximate surface area is 359 Å². The van der Waals surface area contributed by atoms with Crippen LogP contribution in [0.3, 0.4) is 0 Å². The normalized spacial score (nSPS) is 12.1. The maximum atomic E-state index is 5.30. The van der Waals surface area contributed by atoms with Gasteiger partial charge in [-0.1, -0.05) is 103 Å². The smallest absolute Gasteiger partial charge is 0.223 e. The molecule has 5 heterocycles. The molecule has 0 fully saturated rings. The molecule has 14 rings (SSSR count). The number of imidazole rings is 2. The fraction of sp³-hybridized carbons (Fsp3) is 0. The molecule has 0 saturated carbocycles. The molecule has 63 heavy (non-hydrogen) atoms. The highest BCUT2D eigenvalue weighted by Crippen LogP contribution is 2.39. The second-order valence-corrected chi connectivity index (χ2v) is 16.3. The Balaban J connectivity index is 0.952. The molecule has 294 valence electrons. The Kier molecular flexibility index (Phi) is 6.98. The maximum absolute atomic E-state index is 5.30. The van der Waals surface area contributed by atoms with Crippen LogP contribution in [0.1, 0.15) is 0 Å². The van der Waals surface area contributed by atoms with Crippen LogP contribution in [0.5, 0.6) is 0 Å². The minimum Gasteiger partial charge on any atom is -0.309 e. The molecule has 0 spiro atoms. The quantitative estimate of drug-likeness (QED) is 0.178. The van der Waals surface area contributed by atoms with Crippen molar-refractivity contribution in [3.8, 4) is 28.2 Å². The summed E-state index contributed by atoms with van der Waals surface area (Å²) in [5.41, 5.74) is 16.3. The highest BCUT2D eigenvalue weighted by Gasteiger charge is 2.20. The van der Waals surface area contributed by atoms with Gasteiger partial charge in [0.1, 0.15) is 0 Å². The summed E-state index contributed by atoms with van der Waals surface area (Å²) in [6.07, 6.45) is 0. The first-order chi connectivity index (χ1) is 31.3. The molecule has 0 N–H and O–H groups in total. The largest absolute Gasteiger partial charge is 0.309 e. The molecule has 0 aliphatic heterocycles. The molecule has 0 unspecified atom stereocenters. The third kappa shape index (κ3) is 4.84. The number of fused-ring (bicyclic) bond motifs is 15. The molecule has 0 saturated heterocycles. The lowest BCUT2D eigenvalue weighted by Gasteiger charge is -2.11. The van der Waals surface area contributed by atoms with Gasteiger partial charge in [-0.2, -0.15) is 0 Å². The maximum Gasteiger partial charge on any atom is 0.223 e.